The van der Waals surface area contributed by atoms with Crippen molar-refractivity contribution < 1.29 is 14.3 Å². The molecular formula is C17H13Cl3N2O3. The first-order valence-electron chi connectivity index (χ1n) is 7.15. The van der Waals surface area contributed by atoms with E-state index in [9.17, 15) is 4.79 Å². The van der Waals surface area contributed by atoms with Gasteiger partial charge in [0.1, 0.15) is 29.7 Å². The second-order valence-electron chi connectivity index (χ2n) is 4.81. The highest BCUT2D eigenvalue weighted by molar-refractivity contribution is 6.32. The minimum Gasteiger partial charge on any atom is -0.492 e. The first-order valence-corrected chi connectivity index (χ1v) is 8.44. The zero-order chi connectivity index (χ0) is 18.2. The fraction of sp³-hybridized carbons (Fsp3) is 0.176. The van der Waals surface area contributed by atoms with Crippen LogP contribution in [-0.2, 0) is 4.79 Å². The molecule has 0 aliphatic rings. The van der Waals surface area contributed by atoms with Gasteiger partial charge < -0.3 is 14.8 Å². The standard InChI is InChI=1S/C17H13Cl3N2O3/c18-9-17(23)22-3-4-24-13-1-2-15(20)16(8-13)25-14-6-11(10-21)5-12(19)7-14/h1-2,5-8H,3-4,9H2,(H,22,23). The molecule has 0 atom stereocenters. The van der Waals surface area contributed by atoms with Crippen molar-refractivity contribution in [3.05, 3.63) is 52.0 Å². The SMILES string of the molecule is N#Cc1cc(Cl)cc(Oc2cc(OCCNC(=O)CCl)ccc2Cl)c1. The first kappa shape index (κ1) is 19.2. The third-order valence-corrected chi connectivity index (χ3v) is 3.72. The molecule has 0 unspecified atom stereocenters. The average molecular weight is 400 g/mol. The van der Waals surface area contributed by atoms with Gasteiger partial charge in [0, 0.05) is 11.1 Å². The number of nitriles is 1. The van der Waals surface area contributed by atoms with Crippen LogP contribution in [0.15, 0.2) is 36.4 Å². The van der Waals surface area contributed by atoms with Crippen LogP contribution in [-0.4, -0.2) is 24.9 Å². The Hall–Kier alpha value is -2.13. The molecule has 5 nitrogen and oxygen atoms in total. The van der Waals surface area contributed by atoms with E-state index >= 15 is 0 Å². The number of alkyl halides is 1. The van der Waals surface area contributed by atoms with Gasteiger partial charge in [-0.2, -0.15) is 5.26 Å². The lowest BCUT2D eigenvalue weighted by Gasteiger charge is -2.11. The molecular weight excluding hydrogens is 387 g/mol. The lowest BCUT2D eigenvalue weighted by molar-refractivity contribution is -0.118. The summed E-state index contributed by atoms with van der Waals surface area (Å²) >= 11 is 17.5. The Balaban J connectivity index is 2.05. The predicted octanol–water partition coefficient (Wildman–Crippen LogP) is 4.39. The summed E-state index contributed by atoms with van der Waals surface area (Å²) in [5.74, 6) is 0.901. The molecule has 0 aliphatic carbocycles. The molecule has 1 N–H and O–H groups in total. The zero-order valence-electron chi connectivity index (χ0n) is 12.9. The van der Waals surface area contributed by atoms with E-state index in [1.807, 2.05) is 6.07 Å². The van der Waals surface area contributed by atoms with Gasteiger partial charge in [0.25, 0.3) is 0 Å². The van der Waals surface area contributed by atoms with E-state index in [1.54, 1.807) is 30.3 Å². The highest BCUT2D eigenvalue weighted by Crippen LogP contribution is 2.34. The van der Waals surface area contributed by atoms with Crippen LogP contribution in [0.4, 0.5) is 0 Å². The molecule has 2 aromatic carbocycles. The molecule has 8 heteroatoms. The summed E-state index contributed by atoms with van der Waals surface area (Å²) in [4.78, 5) is 11.0. The van der Waals surface area contributed by atoms with Crippen molar-refractivity contribution in [3.63, 3.8) is 0 Å². The molecule has 0 aromatic heterocycles. The largest absolute Gasteiger partial charge is 0.492 e. The fourth-order valence-electron chi connectivity index (χ4n) is 1.87. The molecule has 0 heterocycles. The van der Waals surface area contributed by atoms with E-state index in [1.165, 1.54) is 6.07 Å². The Morgan fingerprint density at radius 2 is 1.96 bits per heavy atom. The highest BCUT2D eigenvalue weighted by Gasteiger charge is 2.08. The lowest BCUT2D eigenvalue weighted by Crippen LogP contribution is -2.28. The van der Waals surface area contributed by atoms with Crippen LogP contribution in [0.3, 0.4) is 0 Å². The van der Waals surface area contributed by atoms with Crippen molar-refractivity contribution in [2.45, 2.75) is 0 Å². The van der Waals surface area contributed by atoms with Gasteiger partial charge in [0.05, 0.1) is 23.2 Å². The number of nitrogens with one attached hydrogen (secondary N) is 1. The van der Waals surface area contributed by atoms with Crippen molar-refractivity contribution in [2.24, 2.45) is 0 Å². The number of carbonyl (C=O) groups excluding carboxylic acids is 1. The van der Waals surface area contributed by atoms with Gasteiger partial charge in [-0.1, -0.05) is 23.2 Å². The number of nitrogens with zero attached hydrogens (tertiary/aromatic N) is 1. The molecule has 130 valence electrons. The van der Waals surface area contributed by atoms with Crippen molar-refractivity contribution in [2.75, 3.05) is 19.0 Å². The van der Waals surface area contributed by atoms with E-state index in [-0.39, 0.29) is 18.4 Å². The Morgan fingerprint density at radius 3 is 2.68 bits per heavy atom. The molecule has 25 heavy (non-hydrogen) atoms. The predicted molar refractivity (Wildman–Crippen MR) is 96.9 cm³/mol. The van der Waals surface area contributed by atoms with Gasteiger partial charge in [-0.3, -0.25) is 4.79 Å². The summed E-state index contributed by atoms with van der Waals surface area (Å²) in [6.45, 7) is 0.587. The molecule has 1 amide bonds. The Kier molecular flexibility index (Phi) is 7.20. The molecule has 2 aromatic rings. The second kappa shape index (κ2) is 9.38. The van der Waals surface area contributed by atoms with Crippen LogP contribution in [0.1, 0.15) is 5.56 Å². The number of hydrogen-bond acceptors (Lipinski definition) is 4. The maximum atomic E-state index is 11.0. The summed E-state index contributed by atoms with van der Waals surface area (Å²) in [6, 6.07) is 11.6. The van der Waals surface area contributed by atoms with E-state index < -0.39 is 0 Å². The molecule has 0 radical (unpaired) electrons. The first-order chi connectivity index (χ1) is 12.0. The van der Waals surface area contributed by atoms with Gasteiger partial charge in [-0.05, 0) is 30.3 Å². The maximum absolute atomic E-state index is 11.0. The van der Waals surface area contributed by atoms with E-state index in [0.717, 1.165) is 0 Å². The Morgan fingerprint density at radius 1 is 1.16 bits per heavy atom. The minimum atomic E-state index is -0.264. The lowest BCUT2D eigenvalue weighted by atomic mass is 10.2. The summed E-state index contributed by atoms with van der Waals surface area (Å²) in [5.41, 5.74) is 0.376. The summed E-state index contributed by atoms with van der Waals surface area (Å²) in [6.07, 6.45) is 0. The smallest absolute Gasteiger partial charge is 0.235 e. The van der Waals surface area contributed by atoms with Crippen molar-refractivity contribution in [3.8, 4) is 23.3 Å². The van der Waals surface area contributed by atoms with Crippen LogP contribution < -0.4 is 14.8 Å². The number of amides is 1. The average Bonchev–Trinajstić information content (AvgIpc) is 2.60. The Bertz CT molecular complexity index is 806. The monoisotopic (exact) mass is 398 g/mol. The molecule has 2 rings (SSSR count). The second-order valence-corrected chi connectivity index (χ2v) is 5.92. The number of carbonyl (C=O) groups is 1. The van der Waals surface area contributed by atoms with E-state index in [0.29, 0.717) is 39.4 Å². The summed E-state index contributed by atoms with van der Waals surface area (Å²) in [5, 5.41) is 12.3. The van der Waals surface area contributed by atoms with Crippen LogP contribution in [0.25, 0.3) is 0 Å². The molecule has 0 spiro atoms. The molecule has 0 fully saturated rings. The topological polar surface area (TPSA) is 71.3 Å². The van der Waals surface area contributed by atoms with Gasteiger partial charge in [0.2, 0.25) is 5.91 Å². The van der Waals surface area contributed by atoms with Gasteiger partial charge in [-0.15, -0.1) is 11.6 Å². The highest BCUT2D eigenvalue weighted by atomic mass is 35.5. The molecule has 0 bridgehead atoms. The van der Waals surface area contributed by atoms with E-state index in [4.69, 9.17) is 49.5 Å². The van der Waals surface area contributed by atoms with Crippen molar-refractivity contribution in [1.29, 1.82) is 5.26 Å². The third kappa shape index (κ3) is 6.02. The van der Waals surface area contributed by atoms with Crippen LogP contribution >= 0.6 is 34.8 Å². The number of hydrogen-bond donors (Lipinski definition) is 1. The normalized spacial score (nSPS) is 10.0. The number of ether oxygens (including phenoxy) is 2. The number of halogens is 3. The van der Waals surface area contributed by atoms with Crippen LogP contribution in [0.5, 0.6) is 17.2 Å². The summed E-state index contributed by atoms with van der Waals surface area (Å²) < 4.78 is 11.2. The number of rotatable bonds is 7. The fourth-order valence-corrected chi connectivity index (χ4v) is 2.35. The Labute approximate surface area is 160 Å². The van der Waals surface area contributed by atoms with Gasteiger partial charge >= 0.3 is 0 Å². The quantitative estimate of drug-likeness (QED) is 0.553. The van der Waals surface area contributed by atoms with Gasteiger partial charge in [0.15, 0.2) is 0 Å². The van der Waals surface area contributed by atoms with Crippen molar-refractivity contribution in [1.82, 2.24) is 5.32 Å². The third-order valence-electron chi connectivity index (χ3n) is 2.95. The van der Waals surface area contributed by atoms with Gasteiger partial charge in [-0.25, -0.2) is 0 Å². The van der Waals surface area contributed by atoms with E-state index in [2.05, 4.69) is 5.32 Å². The minimum absolute atomic E-state index is 0.0940. The number of benzene rings is 2. The van der Waals surface area contributed by atoms with Crippen LogP contribution in [0, 0.1) is 11.3 Å². The van der Waals surface area contributed by atoms with Crippen LogP contribution in [0.2, 0.25) is 10.0 Å². The van der Waals surface area contributed by atoms with Crippen molar-refractivity contribution >= 4 is 40.7 Å². The molecule has 0 saturated heterocycles. The molecule has 0 aliphatic heterocycles. The summed E-state index contributed by atoms with van der Waals surface area (Å²) in [7, 11) is 0. The zero-order valence-corrected chi connectivity index (χ0v) is 15.2. The molecule has 0 saturated carbocycles. The maximum Gasteiger partial charge on any atom is 0.235 e.